The fourth-order valence-corrected chi connectivity index (χ4v) is 5.73. The van der Waals surface area contributed by atoms with Crippen molar-refractivity contribution in [1.82, 2.24) is 10.6 Å². The van der Waals surface area contributed by atoms with Crippen molar-refractivity contribution in [2.24, 2.45) is 16.6 Å². The molecule has 18 nitrogen and oxygen atoms in total. The number of nitrogens with one attached hydrogen (secondary N) is 2. The van der Waals surface area contributed by atoms with Crippen molar-refractivity contribution in [3.63, 3.8) is 0 Å². The van der Waals surface area contributed by atoms with Gasteiger partial charge in [0.05, 0.1) is 31.8 Å². The Hall–Kier alpha value is -2.23. The topological polar surface area (TPSA) is 284 Å². The lowest BCUT2D eigenvalue weighted by molar-refractivity contribution is -0.339. The molecule has 3 fully saturated rings. The van der Waals surface area contributed by atoms with Crippen LogP contribution in [0.25, 0.3) is 0 Å². The van der Waals surface area contributed by atoms with E-state index in [1.165, 1.54) is 0 Å². The predicted octanol–water partition coefficient (Wildman–Crippen LogP) is -6.65. The van der Waals surface area contributed by atoms with Gasteiger partial charge >= 0.3 is 0 Å². The molecule has 2 amide bonds. The molecule has 11 N–H and O–H groups in total. The van der Waals surface area contributed by atoms with Gasteiger partial charge in [-0.1, -0.05) is 0 Å². The van der Waals surface area contributed by atoms with Gasteiger partial charge in [0.2, 0.25) is 11.8 Å². The van der Waals surface area contributed by atoms with E-state index in [1.54, 1.807) is 0 Å². The summed E-state index contributed by atoms with van der Waals surface area (Å²) in [4.78, 5) is 27.9. The first-order chi connectivity index (χ1) is 19.4. The van der Waals surface area contributed by atoms with Crippen molar-refractivity contribution in [1.29, 1.82) is 0 Å². The van der Waals surface area contributed by atoms with Crippen molar-refractivity contribution >= 4 is 17.8 Å². The fraction of sp³-hybridized carbons (Fsp3) is 0.870. The maximum atomic E-state index is 12.1. The summed E-state index contributed by atoms with van der Waals surface area (Å²) in [5.74, 6) is -2.05. The Morgan fingerprint density at radius 3 is 1.88 bits per heavy atom. The second kappa shape index (κ2) is 13.0. The Balaban J connectivity index is 1.57. The summed E-state index contributed by atoms with van der Waals surface area (Å²) in [5.41, 5.74) is 5.60. The Kier molecular flexibility index (Phi) is 10.0. The standard InChI is InChI=1S/C23H38N4O14/c1-6(31)25-12-15(34)14(33)9(4-29)37-21(12)40-20-10(5-30)38-22(13(17(20)36)26-7(2)32)39-19-8(3-28)18-11(16(19)35)27-23(24)41-18/h8-22,28-30,33-36H,3-5H2,1-2H3,(H2,24,27)(H,25,31)(H,26,32)/t8-,9+,10-,11+,12-,13+,14-,15-,16-,17-,18+,19-,20-,21+,22+/m1/s1. The highest BCUT2D eigenvalue weighted by molar-refractivity contribution is 5.74. The third-order valence-electron chi connectivity index (χ3n) is 7.67. The Bertz CT molecular complexity index is 975. The number of ether oxygens (including phenoxy) is 5. The number of fused-ring (bicyclic) bond motifs is 1. The van der Waals surface area contributed by atoms with Crippen molar-refractivity contribution in [2.75, 3.05) is 19.8 Å². The lowest BCUT2D eigenvalue weighted by Gasteiger charge is -2.48. The van der Waals surface area contributed by atoms with Crippen LogP contribution in [0.3, 0.4) is 0 Å². The number of amides is 2. The second-order valence-electron chi connectivity index (χ2n) is 10.5. The monoisotopic (exact) mass is 594 g/mol. The first-order valence-corrected chi connectivity index (χ1v) is 13.1. The van der Waals surface area contributed by atoms with Crippen LogP contribution in [-0.4, -0.2) is 159 Å². The van der Waals surface area contributed by atoms with Gasteiger partial charge in [-0.05, 0) is 0 Å². The van der Waals surface area contributed by atoms with Crippen LogP contribution >= 0.6 is 0 Å². The number of nitrogens with two attached hydrogens (primary N) is 1. The molecule has 0 aromatic heterocycles. The van der Waals surface area contributed by atoms with Gasteiger partial charge in [0.25, 0.3) is 6.02 Å². The molecule has 0 spiro atoms. The van der Waals surface area contributed by atoms with Crippen LogP contribution in [0.4, 0.5) is 0 Å². The molecule has 0 aromatic carbocycles. The average Bonchev–Trinajstić information content (AvgIpc) is 3.41. The number of hydrogen-bond donors (Lipinski definition) is 10. The van der Waals surface area contributed by atoms with Gasteiger partial charge in [-0.2, -0.15) is 0 Å². The highest BCUT2D eigenvalue weighted by atomic mass is 16.7. The van der Waals surface area contributed by atoms with Crippen LogP contribution in [0.1, 0.15) is 13.8 Å². The Morgan fingerprint density at radius 2 is 1.34 bits per heavy atom. The summed E-state index contributed by atoms with van der Waals surface area (Å²) in [6, 6.07) is -3.73. The van der Waals surface area contributed by atoms with Gasteiger partial charge < -0.3 is 75.8 Å². The van der Waals surface area contributed by atoms with E-state index in [0.29, 0.717) is 0 Å². The molecule has 4 rings (SSSR count). The lowest BCUT2D eigenvalue weighted by atomic mass is 9.94. The van der Waals surface area contributed by atoms with E-state index in [4.69, 9.17) is 29.4 Å². The number of rotatable bonds is 9. The van der Waals surface area contributed by atoms with E-state index < -0.39 is 123 Å². The number of aliphatic imine (C=N–C) groups is 1. The molecule has 3 heterocycles. The zero-order valence-corrected chi connectivity index (χ0v) is 22.3. The van der Waals surface area contributed by atoms with Crippen LogP contribution in [0.5, 0.6) is 0 Å². The molecule has 4 aliphatic rings. The third kappa shape index (κ3) is 6.27. The van der Waals surface area contributed by atoms with E-state index >= 15 is 0 Å². The van der Waals surface area contributed by atoms with Crippen LogP contribution < -0.4 is 16.4 Å². The molecule has 0 bridgehead atoms. The molecule has 0 aromatic rings. The minimum Gasteiger partial charge on any atom is -0.459 e. The molecular formula is C23H38N4O14. The third-order valence-corrected chi connectivity index (χ3v) is 7.67. The predicted molar refractivity (Wildman–Crippen MR) is 131 cm³/mol. The SMILES string of the molecule is CC(=O)N[C@@H]1[C@H](O[C@H]2[C@H](O)[C@@H]3N=C(N)O[C@H]3[C@H]2CO)O[C@H](CO)[C@@H](O[C@@H]2O[C@@H](CO)[C@@H](O)[C@H](O)[C@H]2NC(C)=O)[C@@H]1O. The molecule has 18 heteroatoms. The summed E-state index contributed by atoms with van der Waals surface area (Å²) < 4.78 is 28.7. The largest absolute Gasteiger partial charge is 0.459 e. The quantitative estimate of drug-likeness (QED) is 0.119. The van der Waals surface area contributed by atoms with E-state index in [9.17, 15) is 45.3 Å². The maximum Gasteiger partial charge on any atom is 0.282 e. The normalized spacial score (nSPS) is 45.9. The first-order valence-electron chi connectivity index (χ1n) is 13.1. The van der Waals surface area contributed by atoms with Gasteiger partial charge in [-0.15, -0.1) is 0 Å². The molecule has 15 atom stereocenters. The zero-order valence-electron chi connectivity index (χ0n) is 22.3. The molecular weight excluding hydrogens is 556 g/mol. The molecule has 0 unspecified atom stereocenters. The molecule has 234 valence electrons. The Morgan fingerprint density at radius 1 is 0.805 bits per heavy atom. The summed E-state index contributed by atoms with van der Waals surface area (Å²) in [7, 11) is 0. The minimum absolute atomic E-state index is 0.152. The van der Waals surface area contributed by atoms with Gasteiger partial charge in [0.1, 0.15) is 67.0 Å². The highest BCUT2D eigenvalue weighted by Crippen LogP contribution is 2.39. The summed E-state index contributed by atoms with van der Waals surface area (Å²) >= 11 is 0. The van der Waals surface area contributed by atoms with E-state index in [-0.39, 0.29) is 6.02 Å². The van der Waals surface area contributed by atoms with Gasteiger partial charge in [0, 0.05) is 13.8 Å². The van der Waals surface area contributed by atoms with E-state index in [0.717, 1.165) is 13.8 Å². The number of aliphatic hydroxyl groups is 7. The van der Waals surface area contributed by atoms with Crippen molar-refractivity contribution in [2.45, 2.75) is 99.5 Å². The summed E-state index contributed by atoms with van der Waals surface area (Å²) in [5, 5.41) is 77.6. The van der Waals surface area contributed by atoms with E-state index in [1.807, 2.05) is 0 Å². The van der Waals surface area contributed by atoms with Gasteiger partial charge in [0.15, 0.2) is 12.6 Å². The number of carbonyl (C=O) groups is 2. The van der Waals surface area contributed by atoms with Gasteiger partial charge in [-0.3, -0.25) is 9.59 Å². The molecule has 3 aliphatic heterocycles. The second-order valence-corrected chi connectivity index (χ2v) is 10.5. The molecule has 1 saturated carbocycles. The number of amidine groups is 1. The van der Waals surface area contributed by atoms with Crippen LogP contribution in [0.2, 0.25) is 0 Å². The van der Waals surface area contributed by atoms with Crippen LogP contribution in [0.15, 0.2) is 4.99 Å². The van der Waals surface area contributed by atoms with Crippen molar-refractivity contribution < 1.29 is 69.0 Å². The highest BCUT2D eigenvalue weighted by Gasteiger charge is 2.58. The smallest absolute Gasteiger partial charge is 0.282 e. The molecule has 41 heavy (non-hydrogen) atoms. The number of nitrogens with zero attached hydrogens (tertiary/aromatic N) is 1. The minimum atomic E-state index is -1.68. The number of aliphatic hydroxyl groups excluding tert-OH is 7. The van der Waals surface area contributed by atoms with Crippen molar-refractivity contribution in [3.05, 3.63) is 0 Å². The average molecular weight is 595 g/mol. The molecule has 2 saturated heterocycles. The number of carbonyl (C=O) groups excluding carboxylic acids is 2. The zero-order chi connectivity index (χ0) is 30.2. The summed E-state index contributed by atoms with van der Waals surface area (Å²) in [6.45, 7) is 0.333. The first kappa shape index (κ1) is 31.7. The van der Waals surface area contributed by atoms with Crippen molar-refractivity contribution in [3.8, 4) is 0 Å². The van der Waals surface area contributed by atoms with E-state index in [2.05, 4.69) is 15.6 Å². The fourth-order valence-electron chi connectivity index (χ4n) is 5.73. The summed E-state index contributed by atoms with van der Waals surface area (Å²) in [6.07, 6.45) is -15.4. The lowest BCUT2D eigenvalue weighted by Crippen LogP contribution is -2.69. The molecule has 0 radical (unpaired) electrons. The number of hydrogen-bond acceptors (Lipinski definition) is 16. The van der Waals surface area contributed by atoms with Crippen LogP contribution in [0, 0.1) is 5.92 Å². The van der Waals surface area contributed by atoms with Gasteiger partial charge in [-0.25, -0.2) is 4.99 Å². The van der Waals surface area contributed by atoms with Crippen LogP contribution in [-0.2, 0) is 33.3 Å². The Labute approximate surface area is 234 Å². The maximum absolute atomic E-state index is 12.1. The molecule has 1 aliphatic carbocycles.